The highest BCUT2D eigenvalue weighted by atomic mass is 35.5. The molecule has 0 bridgehead atoms. The predicted molar refractivity (Wildman–Crippen MR) is 88.6 cm³/mol. The van der Waals surface area contributed by atoms with Gasteiger partial charge in [-0.05, 0) is 31.0 Å². The van der Waals surface area contributed by atoms with Crippen molar-refractivity contribution >= 4 is 29.4 Å². The first kappa shape index (κ1) is 17.4. The zero-order valence-electron chi connectivity index (χ0n) is 13.5. The minimum atomic E-state index is -0.581. The summed E-state index contributed by atoms with van der Waals surface area (Å²) in [7, 11) is 0. The van der Waals surface area contributed by atoms with Crippen LogP contribution in [0.1, 0.15) is 37.7 Å². The van der Waals surface area contributed by atoms with Gasteiger partial charge in [0, 0.05) is 6.54 Å². The summed E-state index contributed by atoms with van der Waals surface area (Å²) in [6.07, 6.45) is 3.34. The summed E-state index contributed by atoms with van der Waals surface area (Å²) in [5, 5.41) is 8.95. The van der Waals surface area contributed by atoms with Crippen molar-refractivity contribution < 1.29 is 19.1 Å². The molecule has 1 saturated heterocycles. The van der Waals surface area contributed by atoms with Gasteiger partial charge in [0.15, 0.2) is 0 Å². The van der Waals surface area contributed by atoms with Crippen LogP contribution in [0.15, 0.2) is 18.2 Å². The lowest BCUT2D eigenvalue weighted by Gasteiger charge is -2.19. The van der Waals surface area contributed by atoms with Crippen molar-refractivity contribution in [3.63, 3.8) is 0 Å². The van der Waals surface area contributed by atoms with E-state index in [1.54, 1.807) is 0 Å². The maximum atomic E-state index is 12.3. The van der Waals surface area contributed by atoms with Gasteiger partial charge in [-0.1, -0.05) is 24.4 Å². The molecule has 1 aliphatic heterocycles. The summed E-state index contributed by atoms with van der Waals surface area (Å²) in [6, 6.07) is 6.28. The lowest BCUT2D eigenvalue weighted by Crippen LogP contribution is -2.33. The smallest absolute Gasteiger partial charge is 0.313 e. The number of fused-ring (bicyclic) bond motifs is 1. The molecule has 1 saturated carbocycles. The number of halogens is 1. The van der Waals surface area contributed by atoms with E-state index in [-0.39, 0.29) is 47.4 Å². The van der Waals surface area contributed by atoms with E-state index in [1.807, 2.05) is 6.07 Å². The number of ether oxygens (including phenoxy) is 1. The number of imide groups is 1. The van der Waals surface area contributed by atoms with Gasteiger partial charge in [-0.3, -0.25) is 19.3 Å². The molecule has 25 heavy (non-hydrogen) atoms. The van der Waals surface area contributed by atoms with E-state index >= 15 is 0 Å². The monoisotopic (exact) mass is 360 g/mol. The largest absolute Gasteiger partial charge is 0.425 e. The Morgan fingerprint density at radius 3 is 2.44 bits per heavy atom. The van der Waals surface area contributed by atoms with Crippen molar-refractivity contribution in [3.8, 4) is 11.8 Å². The van der Waals surface area contributed by atoms with Crippen molar-refractivity contribution in [3.05, 3.63) is 28.8 Å². The first-order valence-corrected chi connectivity index (χ1v) is 8.64. The van der Waals surface area contributed by atoms with Gasteiger partial charge in [0.2, 0.25) is 11.8 Å². The Morgan fingerprint density at radius 1 is 1.24 bits per heavy atom. The fourth-order valence-electron chi connectivity index (χ4n) is 3.48. The molecular weight excluding hydrogens is 344 g/mol. The van der Waals surface area contributed by atoms with E-state index in [9.17, 15) is 14.4 Å². The molecule has 0 spiro atoms. The van der Waals surface area contributed by atoms with Crippen LogP contribution >= 0.6 is 11.6 Å². The highest BCUT2D eigenvalue weighted by Gasteiger charge is 2.47. The second kappa shape index (κ2) is 7.24. The number of esters is 1. The number of nitriles is 1. The Labute approximate surface area is 150 Å². The van der Waals surface area contributed by atoms with Crippen molar-refractivity contribution in [2.75, 3.05) is 6.54 Å². The molecular formula is C18H17ClN2O4. The summed E-state index contributed by atoms with van der Waals surface area (Å²) in [4.78, 5) is 37.9. The summed E-state index contributed by atoms with van der Waals surface area (Å²) in [5.74, 6) is -1.20. The number of amides is 2. The molecule has 0 N–H and O–H groups in total. The fourth-order valence-corrected chi connectivity index (χ4v) is 3.70. The molecule has 0 aromatic heterocycles. The van der Waals surface area contributed by atoms with Crippen LogP contribution in [0, 0.1) is 23.2 Å². The minimum Gasteiger partial charge on any atom is -0.425 e. The second-order valence-electron chi connectivity index (χ2n) is 6.31. The van der Waals surface area contributed by atoms with Crippen LogP contribution in [-0.2, 0) is 14.4 Å². The van der Waals surface area contributed by atoms with E-state index in [0.717, 1.165) is 25.7 Å². The van der Waals surface area contributed by atoms with Crippen molar-refractivity contribution in [2.24, 2.45) is 11.8 Å². The van der Waals surface area contributed by atoms with E-state index in [4.69, 9.17) is 21.6 Å². The molecule has 2 aliphatic rings. The molecule has 1 heterocycles. The molecule has 1 aromatic rings. The Kier molecular flexibility index (Phi) is 5.05. The second-order valence-corrected chi connectivity index (χ2v) is 6.71. The number of carbonyl (C=O) groups is 3. The van der Waals surface area contributed by atoms with E-state index in [2.05, 4.69) is 0 Å². The van der Waals surface area contributed by atoms with Gasteiger partial charge in [0.05, 0.1) is 34.9 Å². The Bertz CT molecular complexity index is 747. The lowest BCUT2D eigenvalue weighted by atomic mass is 9.81. The van der Waals surface area contributed by atoms with Gasteiger partial charge < -0.3 is 4.74 Å². The number of hydrogen-bond acceptors (Lipinski definition) is 5. The fraction of sp³-hybridized carbons (Fsp3) is 0.444. The van der Waals surface area contributed by atoms with Gasteiger partial charge in [-0.2, -0.15) is 5.26 Å². The third-order valence-corrected chi connectivity index (χ3v) is 5.05. The molecule has 2 fully saturated rings. The third-order valence-electron chi connectivity index (χ3n) is 4.76. The Morgan fingerprint density at radius 2 is 1.88 bits per heavy atom. The first-order chi connectivity index (χ1) is 12.0. The van der Waals surface area contributed by atoms with Gasteiger partial charge in [0.25, 0.3) is 0 Å². The van der Waals surface area contributed by atoms with Crippen LogP contribution in [0.3, 0.4) is 0 Å². The number of likely N-dealkylation sites (tertiary alicyclic amines) is 1. The summed E-state index contributed by atoms with van der Waals surface area (Å²) < 4.78 is 5.16. The van der Waals surface area contributed by atoms with E-state index < -0.39 is 5.97 Å². The van der Waals surface area contributed by atoms with Gasteiger partial charge in [0.1, 0.15) is 5.75 Å². The van der Waals surface area contributed by atoms with E-state index in [0.29, 0.717) is 5.56 Å². The van der Waals surface area contributed by atoms with E-state index in [1.165, 1.54) is 23.1 Å². The van der Waals surface area contributed by atoms with Crippen LogP contribution in [0.4, 0.5) is 0 Å². The quantitative estimate of drug-likeness (QED) is 0.468. The molecule has 6 nitrogen and oxygen atoms in total. The third kappa shape index (κ3) is 3.52. The highest BCUT2D eigenvalue weighted by molar-refractivity contribution is 6.32. The number of benzene rings is 1. The zero-order chi connectivity index (χ0) is 18.0. The Balaban J connectivity index is 1.58. The maximum absolute atomic E-state index is 12.3. The minimum absolute atomic E-state index is 0.0252. The first-order valence-electron chi connectivity index (χ1n) is 8.27. The standard InChI is InChI=1S/C18H17ClN2O4/c19-14-9-11(10-20)5-6-15(14)25-16(22)7-8-21-17(23)12-3-1-2-4-13(12)18(21)24/h5-6,9,12-13H,1-4,7-8H2/t12-,13-/m1/s1. The van der Waals surface area contributed by atoms with Crippen LogP contribution in [-0.4, -0.2) is 29.2 Å². The van der Waals surface area contributed by atoms with Crippen molar-refractivity contribution in [1.82, 2.24) is 4.90 Å². The van der Waals surface area contributed by atoms with Gasteiger partial charge in [-0.15, -0.1) is 0 Å². The molecule has 3 rings (SSSR count). The van der Waals surface area contributed by atoms with Crippen LogP contribution < -0.4 is 4.74 Å². The number of rotatable bonds is 4. The summed E-state index contributed by atoms with van der Waals surface area (Å²) in [5.41, 5.74) is 0.362. The molecule has 0 unspecified atom stereocenters. The lowest BCUT2D eigenvalue weighted by molar-refractivity contribution is -0.141. The average molecular weight is 361 g/mol. The topological polar surface area (TPSA) is 87.5 Å². The SMILES string of the molecule is N#Cc1ccc(OC(=O)CCN2C(=O)[C@@H]3CCCC[C@H]3C2=O)c(Cl)c1. The Hall–Kier alpha value is -2.39. The molecule has 2 amide bonds. The van der Waals surface area contributed by atoms with Crippen molar-refractivity contribution in [1.29, 1.82) is 5.26 Å². The zero-order valence-corrected chi connectivity index (χ0v) is 14.3. The molecule has 1 aromatic carbocycles. The average Bonchev–Trinajstić information content (AvgIpc) is 2.86. The van der Waals surface area contributed by atoms with Crippen LogP contribution in [0.2, 0.25) is 5.02 Å². The molecule has 130 valence electrons. The molecule has 0 radical (unpaired) electrons. The van der Waals surface area contributed by atoms with Crippen molar-refractivity contribution in [2.45, 2.75) is 32.1 Å². The normalized spacial score (nSPS) is 22.5. The number of nitrogens with zero attached hydrogens (tertiary/aromatic N) is 2. The van der Waals surface area contributed by atoms with Crippen LogP contribution in [0.5, 0.6) is 5.75 Å². The number of hydrogen-bond donors (Lipinski definition) is 0. The van der Waals surface area contributed by atoms with Gasteiger partial charge >= 0.3 is 5.97 Å². The highest BCUT2D eigenvalue weighted by Crippen LogP contribution is 2.38. The maximum Gasteiger partial charge on any atom is 0.313 e. The predicted octanol–water partition coefficient (Wildman–Crippen LogP) is 2.68. The summed E-state index contributed by atoms with van der Waals surface area (Å²) in [6.45, 7) is 0.0252. The number of carbonyl (C=O) groups excluding carboxylic acids is 3. The summed E-state index contributed by atoms with van der Waals surface area (Å²) >= 11 is 5.96. The molecule has 1 aliphatic carbocycles. The van der Waals surface area contributed by atoms with Gasteiger partial charge in [-0.25, -0.2) is 0 Å². The van der Waals surface area contributed by atoms with Crippen LogP contribution in [0.25, 0.3) is 0 Å². The molecule has 7 heteroatoms. The molecule has 2 atom stereocenters.